The van der Waals surface area contributed by atoms with Gasteiger partial charge in [-0.05, 0) is 10.8 Å². The Balaban J connectivity index is 3.59. The van der Waals surface area contributed by atoms with Crippen molar-refractivity contribution in [1.29, 1.82) is 16.2 Å². The van der Waals surface area contributed by atoms with Gasteiger partial charge in [0.15, 0.2) is 0 Å². The first kappa shape index (κ1) is 15.8. The summed E-state index contributed by atoms with van der Waals surface area (Å²) in [5.74, 6) is -0.423. The molecule has 0 saturated carbocycles. The normalized spacial score (nSPS) is 22.0. The fourth-order valence-corrected chi connectivity index (χ4v) is 2.69. The minimum atomic E-state index is -0.423. The van der Waals surface area contributed by atoms with Gasteiger partial charge in [-0.25, -0.2) is 0 Å². The van der Waals surface area contributed by atoms with E-state index in [1.54, 1.807) is 0 Å². The lowest BCUT2D eigenvalue weighted by Gasteiger charge is -2.39. The molecular weight excluding hydrogens is 256 g/mol. The second-order valence-electron chi connectivity index (χ2n) is 7.07. The summed E-state index contributed by atoms with van der Waals surface area (Å²) in [7, 11) is 0. The average molecular weight is 278 g/mol. The lowest BCUT2D eigenvalue weighted by Crippen LogP contribution is -2.45. The zero-order valence-electron chi connectivity index (χ0n) is 12.4. The van der Waals surface area contributed by atoms with Crippen LogP contribution >= 0.6 is 0 Å². The van der Waals surface area contributed by atoms with E-state index in [9.17, 15) is 0 Å². The van der Waals surface area contributed by atoms with Crippen LogP contribution in [-0.4, -0.2) is 17.1 Å². The number of nitrogens with zero attached hydrogens (tertiary/aromatic N) is 1. The molecule has 0 amide bonds. The monoisotopic (exact) mass is 278 g/mol. The lowest BCUT2D eigenvalue weighted by molar-refractivity contribution is 0.376. The molecule has 5 heteroatoms. The molecule has 1 aliphatic carbocycles. The first-order valence-electron chi connectivity index (χ1n) is 6.27. The van der Waals surface area contributed by atoms with Crippen molar-refractivity contribution < 1.29 is 0 Å². The molecule has 0 radical (unpaired) electrons. The van der Waals surface area contributed by atoms with Crippen LogP contribution in [0.3, 0.4) is 0 Å². The van der Waals surface area contributed by atoms with Gasteiger partial charge in [0.2, 0.25) is 0 Å². The van der Waals surface area contributed by atoms with Gasteiger partial charge in [-0.3, -0.25) is 5.41 Å². The minimum Gasteiger partial charge on any atom is -0.302 e. The highest BCUT2D eigenvalue weighted by molar-refractivity contribution is 7.47. The van der Waals surface area contributed by atoms with Crippen molar-refractivity contribution in [3.05, 3.63) is 11.3 Å². The number of nitrogens with one attached hydrogen (secondary N) is 3. The number of hydrogen-bond acceptors (Lipinski definition) is 5. The van der Waals surface area contributed by atoms with Gasteiger partial charge in [0, 0.05) is 18.0 Å². The minimum absolute atomic E-state index is 0.173. The van der Waals surface area contributed by atoms with Crippen molar-refractivity contribution in [3.63, 3.8) is 0 Å². The molecule has 104 valence electrons. The van der Waals surface area contributed by atoms with E-state index in [-0.39, 0.29) is 28.0 Å². The summed E-state index contributed by atoms with van der Waals surface area (Å²) in [5.41, 5.74) is 1.01. The van der Waals surface area contributed by atoms with Gasteiger partial charge >= 0.3 is 0 Å². The molecule has 19 heavy (non-hydrogen) atoms. The largest absolute Gasteiger partial charge is 0.302 e. The van der Waals surface area contributed by atoms with Crippen molar-refractivity contribution >= 4 is 29.6 Å². The summed E-state index contributed by atoms with van der Waals surface area (Å²) in [6.07, 6.45) is 0. The summed E-state index contributed by atoms with van der Waals surface area (Å²) in [6.45, 7) is 11.8. The van der Waals surface area contributed by atoms with E-state index in [0.717, 1.165) is 0 Å². The van der Waals surface area contributed by atoms with Gasteiger partial charge in [-0.15, -0.1) is 0 Å². The zero-order valence-corrected chi connectivity index (χ0v) is 13.2. The first-order chi connectivity index (χ1) is 8.42. The van der Waals surface area contributed by atoms with Gasteiger partial charge in [0.05, 0.1) is 23.1 Å². The highest BCUT2D eigenvalue weighted by atomic mass is 32.1. The predicted octanol–water partition coefficient (Wildman–Crippen LogP) is 3.75. The van der Waals surface area contributed by atoms with Crippen molar-refractivity contribution in [3.8, 4) is 0 Å². The summed E-state index contributed by atoms with van der Waals surface area (Å²) in [6, 6.07) is 0. The molecule has 0 saturated heterocycles. The number of rotatable bonds is 1. The second-order valence-corrected chi connectivity index (χ2v) is 7.25. The standard InChI is InChI=1S/C14H22N4S/c1-13(2,3)7-9(15)10(16)8(14(4,5)6)12(18-19)11(7)17/h7,15-17H,1-6H3. The van der Waals surface area contributed by atoms with Gasteiger partial charge in [0.1, 0.15) is 5.70 Å². The van der Waals surface area contributed by atoms with Crippen molar-refractivity contribution in [2.75, 3.05) is 0 Å². The quantitative estimate of drug-likeness (QED) is 0.670. The molecule has 0 aromatic heterocycles. The fourth-order valence-electron chi connectivity index (χ4n) is 2.50. The Kier molecular flexibility index (Phi) is 3.92. The lowest BCUT2D eigenvalue weighted by atomic mass is 9.65. The van der Waals surface area contributed by atoms with Crippen LogP contribution in [0.5, 0.6) is 0 Å². The summed E-state index contributed by atoms with van der Waals surface area (Å²) >= 11 is 4.82. The van der Waals surface area contributed by atoms with E-state index in [2.05, 4.69) is 4.36 Å². The van der Waals surface area contributed by atoms with E-state index < -0.39 is 5.92 Å². The number of allylic oxidation sites excluding steroid dienone is 2. The predicted molar refractivity (Wildman–Crippen MR) is 82.4 cm³/mol. The zero-order chi connectivity index (χ0) is 15.2. The maximum absolute atomic E-state index is 8.33. The van der Waals surface area contributed by atoms with Crippen molar-refractivity contribution in [2.45, 2.75) is 41.5 Å². The summed E-state index contributed by atoms with van der Waals surface area (Å²) < 4.78 is 3.83. The molecule has 1 rings (SSSR count). The Morgan fingerprint density at radius 3 is 1.74 bits per heavy atom. The molecule has 0 spiro atoms. The Labute approximate surface area is 120 Å². The molecule has 3 N–H and O–H groups in total. The molecule has 0 aromatic rings. The van der Waals surface area contributed by atoms with Crippen LogP contribution < -0.4 is 0 Å². The van der Waals surface area contributed by atoms with E-state index >= 15 is 0 Å². The molecule has 0 aliphatic heterocycles. The third-order valence-electron chi connectivity index (χ3n) is 3.30. The van der Waals surface area contributed by atoms with E-state index in [1.807, 2.05) is 41.5 Å². The Bertz CT molecular complexity index is 501. The molecule has 4 nitrogen and oxygen atoms in total. The van der Waals surface area contributed by atoms with Crippen LogP contribution in [0.2, 0.25) is 0 Å². The average Bonchev–Trinajstić information content (AvgIpc) is 2.19. The third-order valence-corrected chi connectivity index (χ3v) is 3.48. The van der Waals surface area contributed by atoms with Crippen LogP contribution in [0.25, 0.3) is 0 Å². The molecule has 1 atom stereocenters. The molecule has 0 fully saturated rings. The SMILES string of the molecule is CC(C)(C)C1=C(N=S)C(=N)C(C(C)(C)C)C(=N)C1=N. The molecule has 1 unspecified atom stereocenters. The molecule has 0 heterocycles. The van der Waals surface area contributed by atoms with Crippen LogP contribution in [0.1, 0.15) is 41.5 Å². The fraction of sp³-hybridized carbons (Fsp3) is 0.643. The van der Waals surface area contributed by atoms with Crippen LogP contribution in [-0.2, 0) is 12.4 Å². The molecule has 0 aromatic carbocycles. The smallest absolute Gasteiger partial charge is 0.104 e. The van der Waals surface area contributed by atoms with Gasteiger partial charge in [-0.2, -0.15) is 4.36 Å². The Morgan fingerprint density at radius 1 is 0.947 bits per heavy atom. The maximum atomic E-state index is 8.33. The maximum Gasteiger partial charge on any atom is 0.104 e. The molecule has 1 aliphatic rings. The highest BCUT2D eigenvalue weighted by Gasteiger charge is 2.43. The Morgan fingerprint density at radius 2 is 1.42 bits per heavy atom. The molecule has 0 bridgehead atoms. The number of hydrogen-bond donors (Lipinski definition) is 3. The molecular formula is C14H22N4S. The Hall–Kier alpha value is -1.23. The highest BCUT2D eigenvalue weighted by Crippen LogP contribution is 2.40. The summed E-state index contributed by atoms with van der Waals surface area (Å²) in [4.78, 5) is 0. The van der Waals surface area contributed by atoms with E-state index in [1.165, 1.54) is 0 Å². The van der Waals surface area contributed by atoms with Crippen LogP contribution in [0, 0.1) is 33.0 Å². The van der Waals surface area contributed by atoms with Crippen molar-refractivity contribution in [2.24, 2.45) is 21.1 Å². The topological polar surface area (TPSA) is 83.9 Å². The van der Waals surface area contributed by atoms with Gasteiger partial charge in [0.25, 0.3) is 0 Å². The third kappa shape index (κ3) is 2.71. The van der Waals surface area contributed by atoms with Gasteiger partial charge in [-0.1, -0.05) is 41.5 Å². The second kappa shape index (κ2) is 4.71. The van der Waals surface area contributed by atoms with E-state index in [4.69, 9.17) is 28.7 Å². The van der Waals surface area contributed by atoms with Crippen LogP contribution in [0.15, 0.2) is 15.6 Å². The van der Waals surface area contributed by atoms with E-state index in [0.29, 0.717) is 11.3 Å². The van der Waals surface area contributed by atoms with Gasteiger partial charge < -0.3 is 10.8 Å². The first-order valence-corrected chi connectivity index (χ1v) is 6.64. The van der Waals surface area contributed by atoms with Crippen LogP contribution in [0.4, 0.5) is 0 Å². The van der Waals surface area contributed by atoms with Crippen molar-refractivity contribution in [1.82, 2.24) is 0 Å². The summed E-state index contributed by atoms with van der Waals surface area (Å²) in [5, 5.41) is 24.8.